The second-order valence-corrected chi connectivity index (χ2v) is 4.01. The number of carboxylic acid groups (broad SMARTS) is 2. The van der Waals surface area contributed by atoms with Crippen molar-refractivity contribution in [2.24, 2.45) is 5.41 Å². The molecule has 2 N–H and O–H groups in total. The molecule has 0 rings (SSSR count). The molecule has 0 aromatic heterocycles. The van der Waals surface area contributed by atoms with E-state index in [0.717, 1.165) is 12.5 Å². The summed E-state index contributed by atoms with van der Waals surface area (Å²) in [5.74, 6) is -2.37. The van der Waals surface area contributed by atoms with Crippen LogP contribution < -0.4 is 0 Å². The van der Waals surface area contributed by atoms with E-state index in [2.05, 4.69) is 0 Å². The van der Waals surface area contributed by atoms with Crippen LogP contribution in [0.3, 0.4) is 0 Å². The van der Waals surface area contributed by atoms with Crippen LogP contribution in [0.2, 0.25) is 0 Å². The van der Waals surface area contributed by atoms with Gasteiger partial charge in [0.1, 0.15) is 0 Å². The molecule has 0 aliphatic rings. The zero-order chi connectivity index (χ0) is 11.4. The fraction of sp³-hybridized carbons (Fsp3) is 0.600. The van der Waals surface area contributed by atoms with Crippen molar-refractivity contribution in [3.8, 4) is 0 Å². The highest BCUT2D eigenvalue weighted by atomic mass is 16.4. The summed E-state index contributed by atoms with van der Waals surface area (Å²) in [6.45, 7) is 5.76. The van der Waals surface area contributed by atoms with E-state index >= 15 is 0 Å². The van der Waals surface area contributed by atoms with Gasteiger partial charge in [-0.3, -0.25) is 0 Å². The van der Waals surface area contributed by atoms with E-state index in [1.165, 1.54) is 0 Å². The predicted octanol–water partition coefficient (Wildman–Crippen LogP) is 1.91. The molecule has 0 bridgehead atoms. The van der Waals surface area contributed by atoms with Crippen LogP contribution >= 0.6 is 0 Å². The van der Waals surface area contributed by atoms with Crippen molar-refractivity contribution in [2.45, 2.75) is 33.6 Å². The van der Waals surface area contributed by atoms with Crippen LogP contribution in [0.25, 0.3) is 0 Å². The molecular formula is C10H16O4. The standard InChI is InChI=1S/C10H16O4/c1-4-10(2,3)6-7(9(13)14)5-8(11)12/h5H,4,6H2,1-3H3,(H,11,12)(H,13,14). The summed E-state index contributed by atoms with van der Waals surface area (Å²) >= 11 is 0. The Bertz CT molecular complexity index is 263. The summed E-state index contributed by atoms with van der Waals surface area (Å²) in [6, 6.07) is 0. The minimum Gasteiger partial charge on any atom is -0.478 e. The molecule has 0 saturated carbocycles. The largest absolute Gasteiger partial charge is 0.478 e. The molecule has 0 aromatic carbocycles. The summed E-state index contributed by atoms with van der Waals surface area (Å²) in [7, 11) is 0. The molecular weight excluding hydrogens is 184 g/mol. The van der Waals surface area contributed by atoms with Crippen LogP contribution in [0.1, 0.15) is 33.6 Å². The van der Waals surface area contributed by atoms with E-state index in [1.807, 2.05) is 20.8 Å². The van der Waals surface area contributed by atoms with E-state index < -0.39 is 11.9 Å². The quantitative estimate of drug-likeness (QED) is 0.665. The number of hydrogen-bond donors (Lipinski definition) is 2. The Balaban J connectivity index is 4.72. The fourth-order valence-corrected chi connectivity index (χ4v) is 0.978. The Kier molecular flexibility index (Phi) is 4.34. The predicted molar refractivity (Wildman–Crippen MR) is 52.0 cm³/mol. The summed E-state index contributed by atoms with van der Waals surface area (Å²) in [5.41, 5.74) is -0.232. The molecule has 80 valence electrons. The third kappa shape index (κ3) is 4.64. The van der Waals surface area contributed by atoms with Crippen molar-refractivity contribution in [1.29, 1.82) is 0 Å². The Hall–Kier alpha value is -1.32. The topological polar surface area (TPSA) is 74.6 Å². The van der Waals surface area contributed by atoms with Gasteiger partial charge in [0.25, 0.3) is 0 Å². The van der Waals surface area contributed by atoms with Crippen molar-refractivity contribution >= 4 is 11.9 Å². The van der Waals surface area contributed by atoms with Crippen LogP contribution in [0, 0.1) is 5.41 Å². The molecule has 0 amide bonds. The van der Waals surface area contributed by atoms with Gasteiger partial charge in [0, 0.05) is 11.6 Å². The highest BCUT2D eigenvalue weighted by molar-refractivity contribution is 5.94. The molecule has 14 heavy (non-hydrogen) atoms. The molecule has 0 atom stereocenters. The Morgan fingerprint density at radius 3 is 2.07 bits per heavy atom. The number of carboxylic acids is 2. The van der Waals surface area contributed by atoms with Crippen LogP contribution in [0.4, 0.5) is 0 Å². The SMILES string of the molecule is CCC(C)(C)CC(=CC(=O)O)C(=O)O. The fourth-order valence-electron chi connectivity index (χ4n) is 0.978. The van der Waals surface area contributed by atoms with Gasteiger partial charge < -0.3 is 10.2 Å². The lowest BCUT2D eigenvalue weighted by Crippen LogP contribution is -2.15. The molecule has 4 heteroatoms. The first kappa shape index (κ1) is 12.7. The van der Waals surface area contributed by atoms with E-state index in [4.69, 9.17) is 10.2 Å². The minimum absolute atomic E-state index is 0.0515. The second kappa shape index (κ2) is 4.79. The number of rotatable bonds is 5. The first-order valence-electron chi connectivity index (χ1n) is 4.45. The maximum Gasteiger partial charge on any atom is 0.331 e. The van der Waals surface area contributed by atoms with Gasteiger partial charge in [-0.15, -0.1) is 0 Å². The average molecular weight is 200 g/mol. The summed E-state index contributed by atoms with van der Waals surface area (Å²) in [6.07, 6.45) is 1.84. The van der Waals surface area contributed by atoms with Gasteiger partial charge in [-0.2, -0.15) is 0 Å². The van der Waals surface area contributed by atoms with Gasteiger partial charge in [-0.1, -0.05) is 27.2 Å². The molecule has 0 spiro atoms. The Morgan fingerprint density at radius 1 is 1.29 bits per heavy atom. The first-order chi connectivity index (χ1) is 6.28. The zero-order valence-corrected chi connectivity index (χ0v) is 8.70. The lowest BCUT2D eigenvalue weighted by molar-refractivity contribution is -0.135. The third-order valence-electron chi connectivity index (χ3n) is 2.20. The second-order valence-electron chi connectivity index (χ2n) is 4.01. The minimum atomic E-state index is -1.21. The van der Waals surface area contributed by atoms with Gasteiger partial charge in [0.2, 0.25) is 0 Å². The Labute approximate surface area is 83.2 Å². The van der Waals surface area contributed by atoms with Crippen molar-refractivity contribution in [3.63, 3.8) is 0 Å². The lowest BCUT2D eigenvalue weighted by atomic mass is 9.83. The summed E-state index contributed by atoms with van der Waals surface area (Å²) in [5, 5.41) is 17.2. The van der Waals surface area contributed by atoms with Crippen LogP contribution in [-0.4, -0.2) is 22.2 Å². The number of hydrogen-bond acceptors (Lipinski definition) is 2. The van der Waals surface area contributed by atoms with Crippen molar-refractivity contribution in [1.82, 2.24) is 0 Å². The van der Waals surface area contributed by atoms with Gasteiger partial charge in [-0.05, 0) is 11.8 Å². The van der Waals surface area contributed by atoms with Crippen LogP contribution in [0.15, 0.2) is 11.6 Å². The molecule has 0 aliphatic heterocycles. The maximum absolute atomic E-state index is 10.7. The lowest BCUT2D eigenvalue weighted by Gasteiger charge is -2.22. The van der Waals surface area contributed by atoms with E-state index in [0.29, 0.717) is 0 Å². The molecule has 0 unspecified atom stereocenters. The molecule has 0 saturated heterocycles. The first-order valence-corrected chi connectivity index (χ1v) is 4.45. The molecule has 0 aromatic rings. The van der Waals surface area contributed by atoms with Gasteiger partial charge in [0.15, 0.2) is 0 Å². The monoisotopic (exact) mass is 200 g/mol. The van der Waals surface area contributed by atoms with Crippen LogP contribution in [0.5, 0.6) is 0 Å². The third-order valence-corrected chi connectivity index (χ3v) is 2.20. The normalized spacial score (nSPS) is 12.6. The number of aliphatic carboxylic acids is 2. The van der Waals surface area contributed by atoms with Crippen LogP contribution in [-0.2, 0) is 9.59 Å². The Morgan fingerprint density at radius 2 is 1.79 bits per heavy atom. The highest BCUT2D eigenvalue weighted by Crippen LogP contribution is 2.28. The maximum atomic E-state index is 10.7. The van der Waals surface area contributed by atoms with E-state index in [9.17, 15) is 9.59 Å². The molecule has 4 nitrogen and oxygen atoms in total. The highest BCUT2D eigenvalue weighted by Gasteiger charge is 2.21. The molecule has 0 fully saturated rings. The molecule has 0 heterocycles. The smallest absolute Gasteiger partial charge is 0.331 e. The zero-order valence-electron chi connectivity index (χ0n) is 8.70. The van der Waals surface area contributed by atoms with Gasteiger partial charge >= 0.3 is 11.9 Å². The number of carbonyl (C=O) groups is 2. The van der Waals surface area contributed by atoms with Crippen molar-refractivity contribution < 1.29 is 19.8 Å². The van der Waals surface area contributed by atoms with Crippen molar-refractivity contribution in [3.05, 3.63) is 11.6 Å². The molecule has 0 aliphatic carbocycles. The summed E-state index contributed by atoms with van der Waals surface area (Å²) < 4.78 is 0. The van der Waals surface area contributed by atoms with E-state index in [-0.39, 0.29) is 17.4 Å². The van der Waals surface area contributed by atoms with Crippen molar-refractivity contribution in [2.75, 3.05) is 0 Å². The average Bonchev–Trinajstić information content (AvgIpc) is 2.02. The molecule has 0 radical (unpaired) electrons. The van der Waals surface area contributed by atoms with Gasteiger partial charge in [-0.25, -0.2) is 9.59 Å². The van der Waals surface area contributed by atoms with Gasteiger partial charge in [0.05, 0.1) is 0 Å². The van der Waals surface area contributed by atoms with E-state index in [1.54, 1.807) is 0 Å². The summed E-state index contributed by atoms with van der Waals surface area (Å²) in [4.78, 5) is 21.0.